The van der Waals surface area contributed by atoms with Crippen molar-refractivity contribution in [3.8, 4) is 5.75 Å². The zero-order valence-electron chi connectivity index (χ0n) is 10.00. The Morgan fingerprint density at radius 3 is 2.16 bits per heavy atom. The molecule has 0 saturated carbocycles. The first kappa shape index (κ1) is 12.6. The second kappa shape index (κ2) is 5.68. The Hall–Kier alpha value is -2.82. The Balaban J connectivity index is 1.97. The molecule has 0 saturated heterocycles. The van der Waals surface area contributed by atoms with Crippen LogP contribution in [0.1, 0.15) is 10.4 Å². The summed E-state index contributed by atoms with van der Waals surface area (Å²) < 4.78 is 5.05. The first-order valence-corrected chi connectivity index (χ1v) is 5.59. The van der Waals surface area contributed by atoms with E-state index in [9.17, 15) is 9.59 Å². The predicted octanol–water partition coefficient (Wildman–Crippen LogP) is 2.40. The number of primary amides is 1. The van der Waals surface area contributed by atoms with Crippen molar-refractivity contribution in [2.45, 2.75) is 0 Å². The fourth-order valence-corrected chi connectivity index (χ4v) is 1.46. The van der Waals surface area contributed by atoms with Crippen LogP contribution in [0.15, 0.2) is 54.6 Å². The largest absolute Gasteiger partial charge is 0.417 e. The van der Waals surface area contributed by atoms with Gasteiger partial charge in [-0.25, -0.2) is 4.79 Å². The Labute approximate surface area is 110 Å². The lowest BCUT2D eigenvalue weighted by atomic mass is 10.2. The maximum absolute atomic E-state index is 11.6. The molecule has 2 aromatic rings. The highest BCUT2D eigenvalue weighted by Gasteiger charge is 2.05. The summed E-state index contributed by atoms with van der Waals surface area (Å²) in [6.07, 6.45) is -0.599. The van der Waals surface area contributed by atoms with Crippen LogP contribution in [0.5, 0.6) is 5.75 Å². The smallest absolute Gasteiger partial charge is 0.410 e. The average molecular weight is 256 g/mol. The normalized spacial score (nSPS) is 9.68. The number of anilines is 1. The molecular formula is C14H12N2O3. The number of hydrogen-bond acceptors (Lipinski definition) is 3. The zero-order valence-corrected chi connectivity index (χ0v) is 10.00. The van der Waals surface area contributed by atoms with E-state index >= 15 is 0 Å². The molecule has 0 heterocycles. The Morgan fingerprint density at radius 1 is 0.947 bits per heavy atom. The van der Waals surface area contributed by atoms with E-state index in [4.69, 9.17) is 10.5 Å². The Bertz CT molecular complexity index is 579. The van der Waals surface area contributed by atoms with Crippen molar-refractivity contribution in [3.05, 3.63) is 60.2 Å². The SMILES string of the molecule is NC(=O)c1ccc(NC(=O)Oc2ccccc2)cc1. The molecule has 5 nitrogen and oxygen atoms in total. The fraction of sp³-hybridized carbons (Fsp3) is 0. The number of nitrogens with two attached hydrogens (primary N) is 1. The van der Waals surface area contributed by atoms with Gasteiger partial charge in [0.25, 0.3) is 0 Å². The summed E-state index contributed by atoms with van der Waals surface area (Å²) in [6.45, 7) is 0. The van der Waals surface area contributed by atoms with E-state index in [1.807, 2.05) is 6.07 Å². The van der Waals surface area contributed by atoms with E-state index in [-0.39, 0.29) is 0 Å². The van der Waals surface area contributed by atoms with Crippen molar-refractivity contribution in [3.63, 3.8) is 0 Å². The van der Waals surface area contributed by atoms with Crippen molar-refractivity contribution in [2.75, 3.05) is 5.32 Å². The Morgan fingerprint density at radius 2 is 1.58 bits per heavy atom. The molecule has 3 N–H and O–H groups in total. The molecule has 0 aromatic heterocycles. The maximum Gasteiger partial charge on any atom is 0.417 e. The van der Waals surface area contributed by atoms with Crippen LogP contribution in [0.4, 0.5) is 10.5 Å². The Kier molecular flexibility index (Phi) is 3.78. The molecule has 96 valence electrons. The van der Waals surface area contributed by atoms with E-state index in [0.717, 1.165) is 0 Å². The van der Waals surface area contributed by atoms with Gasteiger partial charge >= 0.3 is 6.09 Å². The first-order chi connectivity index (χ1) is 9.15. The van der Waals surface area contributed by atoms with Crippen molar-refractivity contribution in [1.29, 1.82) is 0 Å². The number of amides is 2. The van der Waals surface area contributed by atoms with Crippen LogP contribution in [-0.4, -0.2) is 12.0 Å². The number of benzene rings is 2. The molecular weight excluding hydrogens is 244 g/mol. The van der Waals surface area contributed by atoms with Crippen LogP contribution >= 0.6 is 0 Å². The summed E-state index contributed by atoms with van der Waals surface area (Å²) in [5, 5.41) is 2.54. The number of carbonyl (C=O) groups is 2. The summed E-state index contributed by atoms with van der Waals surface area (Å²) in [5.74, 6) is -0.0628. The molecule has 0 radical (unpaired) electrons. The highest BCUT2D eigenvalue weighted by atomic mass is 16.6. The molecule has 2 rings (SSSR count). The second-order valence-corrected chi connectivity index (χ2v) is 3.77. The van der Waals surface area contributed by atoms with Gasteiger partial charge in [-0.15, -0.1) is 0 Å². The number of ether oxygens (including phenoxy) is 1. The van der Waals surface area contributed by atoms with Gasteiger partial charge in [0, 0.05) is 11.3 Å². The van der Waals surface area contributed by atoms with E-state index in [1.165, 1.54) is 12.1 Å². The highest BCUT2D eigenvalue weighted by Crippen LogP contribution is 2.12. The van der Waals surface area contributed by atoms with Gasteiger partial charge in [-0.3, -0.25) is 10.1 Å². The quantitative estimate of drug-likeness (QED) is 0.884. The first-order valence-electron chi connectivity index (χ1n) is 5.59. The number of carbonyl (C=O) groups excluding carboxylic acids is 2. The fourth-order valence-electron chi connectivity index (χ4n) is 1.46. The highest BCUT2D eigenvalue weighted by molar-refractivity contribution is 5.94. The molecule has 0 spiro atoms. The van der Waals surface area contributed by atoms with Crippen LogP contribution < -0.4 is 15.8 Å². The van der Waals surface area contributed by atoms with Gasteiger partial charge in [0.2, 0.25) is 5.91 Å². The number of nitrogens with one attached hydrogen (secondary N) is 1. The lowest BCUT2D eigenvalue weighted by molar-refractivity contribution is 0.100. The van der Waals surface area contributed by atoms with Gasteiger partial charge in [0.1, 0.15) is 5.75 Å². The molecule has 0 aliphatic heterocycles. The van der Waals surface area contributed by atoms with Crippen LogP contribution in [0.3, 0.4) is 0 Å². The van der Waals surface area contributed by atoms with Crippen LogP contribution in [0, 0.1) is 0 Å². The summed E-state index contributed by atoms with van der Waals surface area (Å²) in [6, 6.07) is 14.9. The van der Waals surface area contributed by atoms with Crippen LogP contribution in [0.25, 0.3) is 0 Å². The lowest BCUT2D eigenvalue weighted by Gasteiger charge is -2.06. The summed E-state index contributed by atoms with van der Waals surface area (Å²) in [4.78, 5) is 22.5. The van der Waals surface area contributed by atoms with Crippen molar-refractivity contribution in [1.82, 2.24) is 0 Å². The number of hydrogen-bond donors (Lipinski definition) is 2. The summed E-state index contributed by atoms with van der Waals surface area (Å²) in [7, 11) is 0. The standard InChI is InChI=1S/C14H12N2O3/c15-13(17)10-6-8-11(9-7-10)16-14(18)19-12-4-2-1-3-5-12/h1-9H,(H2,15,17)(H,16,18). The molecule has 2 amide bonds. The molecule has 0 unspecified atom stereocenters. The molecule has 0 bridgehead atoms. The van der Waals surface area contributed by atoms with Crippen LogP contribution in [-0.2, 0) is 0 Å². The van der Waals surface area contributed by atoms with E-state index in [1.54, 1.807) is 36.4 Å². The third-order valence-electron chi connectivity index (χ3n) is 2.37. The van der Waals surface area contributed by atoms with Crippen molar-refractivity contribution >= 4 is 17.7 Å². The average Bonchev–Trinajstić information content (AvgIpc) is 2.40. The van der Waals surface area contributed by atoms with Gasteiger partial charge in [-0.05, 0) is 36.4 Å². The minimum absolute atomic E-state index is 0.377. The monoisotopic (exact) mass is 256 g/mol. The number of rotatable bonds is 3. The molecule has 0 fully saturated rings. The zero-order chi connectivity index (χ0) is 13.7. The van der Waals surface area contributed by atoms with Crippen molar-refractivity contribution < 1.29 is 14.3 Å². The van der Waals surface area contributed by atoms with Gasteiger partial charge in [0.05, 0.1) is 0 Å². The molecule has 5 heteroatoms. The molecule has 19 heavy (non-hydrogen) atoms. The molecule has 2 aromatic carbocycles. The predicted molar refractivity (Wildman–Crippen MR) is 71.0 cm³/mol. The molecule has 0 aliphatic rings. The third-order valence-corrected chi connectivity index (χ3v) is 2.37. The summed E-state index contributed by atoms with van der Waals surface area (Å²) >= 11 is 0. The summed E-state index contributed by atoms with van der Waals surface area (Å²) in [5.41, 5.74) is 6.01. The van der Waals surface area contributed by atoms with E-state index in [0.29, 0.717) is 17.0 Å². The van der Waals surface area contributed by atoms with Gasteiger partial charge in [0.15, 0.2) is 0 Å². The van der Waals surface area contributed by atoms with E-state index < -0.39 is 12.0 Å². The lowest BCUT2D eigenvalue weighted by Crippen LogP contribution is -2.17. The minimum Gasteiger partial charge on any atom is -0.410 e. The molecule has 0 aliphatic carbocycles. The van der Waals surface area contributed by atoms with Gasteiger partial charge in [-0.2, -0.15) is 0 Å². The van der Waals surface area contributed by atoms with Gasteiger partial charge < -0.3 is 10.5 Å². The van der Waals surface area contributed by atoms with Crippen molar-refractivity contribution in [2.24, 2.45) is 5.73 Å². The third kappa shape index (κ3) is 3.57. The maximum atomic E-state index is 11.6. The van der Waals surface area contributed by atoms with E-state index in [2.05, 4.69) is 5.32 Å². The number of para-hydroxylation sites is 1. The molecule has 0 atom stereocenters. The topological polar surface area (TPSA) is 81.4 Å². The van der Waals surface area contributed by atoms with Gasteiger partial charge in [-0.1, -0.05) is 18.2 Å². The second-order valence-electron chi connectivity index (χ2n) is 3.77. The minimum atomic E-state index is -0.599. The van der Waals surface area contributed by atoms with Crippen LogP contribution in [0.2, 0.25) is 0 Å².